The van der Waals surface area contributed by atoms with Gasteiger partial charge in [0, 0.05) is 14.2 Å². The van der Waals surface area contributed by atoms with Gasteiger partial charge in [-0.15, -0.1) is 0 Å². The van der Waals surface area contributed by atoms with Crippen LogP contribution in [0.2, 0.25) is 0 Å². The number of aliphatic hydroxyl groups is 1. The summed E-state index contributed by atoms with van der Waals surface area (Å²) in [6.07, 6.45) is -0.705. The standard InChI is InChI=1S/C23H48O7/c1-13-15(3)27-21(28-19(7)17(5)25-11)22(9,10)23(24,29-16(4)14-2)30-20(8)18(6)26-12/h15-21,24H,13-14H2,1-12H3. The Kier molecular flexibility index (Phi) is 13.2. The maximum atomic E-state index is 11.7. The van der Waals surface area contributed by atoms with Crippen LogP contribution in [0.3, 0.4) is 0 Å². The van der Waals surface area contributed by atoms with Crippen LogP contribution in [0.1, 0.15) is 82.1 Å². The van der Waals surface area contributed by atoms with Crippen molar-refractivity contribution in [3.63, 3.8) is 0 Å². The molecule has 7 nitrogen and oxygen atoms in total. The summed E-state index contributed by atoms with van der Waals surface area (Å²) >= 11 is 0. The highest BCUT2D eigenvalue weighted by molar-refractivity contribution is 4.86. The van der Waals surface area contributed by atoms with Crippen LogP contribution in [-0.2, 0) is 28.4 Å². The Morgan fingerprint density at radius 3 is 1.57 bits per heavy atom. The molecular weight excluding hydrogens is 388 g/mol. The van der Waals surface area contributed by atoms with E-state index in [9.17, 15) is 5.11 Å². The molecule has 0 aromatic heterocycles. The lowest BCUT2D eigenvalue weighted by molar-refractivity contribution is -0.462. The van der Waals surface area contributed by atoms with Crippen molar-refractivity contribution in [2.75, 3.05) is 14.2 Å². The van der Waals surface area contributed by atoms with Gasteiger partial charge in [0.1, 0.15) is 0 Å². The first-order valence-corrected chi connectivity index (χ1v) is 11.2. The third-order valence-corrected chi connectivity index (χ3v) is 6.02. The summed E-state index contributed by atoms with van der Waals surface area (Å²) in [5, 5.41) is 11.7. The van der Waals surface area contributed by atoms with Gasteiger partial charge in [0.15, 0.2) is 6.29 Å². The third kappa shape index (κ3) is 8.34. The average molecular weight is 437 g/mol. The molecule has 0 heterocycles. The highest BCUT2D eigenvalue weighted by Gasteiger charge is 2.55. The molecule has 8 atom stereocenters. The molecule has 30 heavy (non-hydrogen) atoms. The van der Waals surface area contributed by atoms with E-state index in [4.69, 9.17) is 28.4 Å². The van der Waals surface area contributed by atoms with Crippen LogP contribution in [-0.4, -0.2) is 68.2 Å². The number of rotatable bonds is 16. The van der Waals surface area contributed by atoms with E-state index in [1.54, 1.807) is 14.2 Å². The van der Waals surface area contributed by atoms with Gasteiger partial charge >= 0.3 is 0 Å². The molecule has 0 spiro atoms. The molecule has 0 aliphatic carbocycles. The maximum Gasteiger partial charge on any atom is 0.291 e. The monoisotopic (exact) mass is 436 g/mol. The number of hydrogen-bond acceptors (Lipinski definition) is 7. The lowest BCUT2D eigenvalue weighted by atomic mass is 9.87. The summed E-state index contributed by atoms with van der Waals surface area (Å²) in [4.78, 5) is 0. The predicted molar refractivity (Wildman–Crippen MR) is 118 cm³/mol. The van der Waals surface area contributed by atoms with E-state index in [1.165, 1.54) is 0 Å². The molecule has 0 rings (SSSR count). The van der Waals surface area contributed by atoms with E-state index in [1.807, 2.05) is 69.2 Å². The molecule has 0 aromatic carbocycles. The van der Waals surface area contributed by atoms with E-state index in [-0.39, 0.29) is 30.5 Å². The quantitative estimate of drug-likeness (QED) is 0.357. The van der Waals surface area contributed by atoms with Crippen molar-refractivity contribution in [2.45, 2.75) is 131 Å². The molecule has 1 N–H and O–H groups in total. The van der Waals surface area contributed by atoms with Crippen molar-refractivity contribution in [3.05, 3.63) is 0 Å². The molecule has 0 radical (unpaired) electrons. The lowest BCUT2D eigenvalue weighted by Gasteiger charge is -2.48. The van der Waals surface area contributed by atoms with Gasteiger partial charge in [-0.2, -0.15) is 0 Å². The highest BCUT2D eigenvalue weighted by atomic mass is 16.8. The molecule has 0 bridgehead atoms. The van der Waals surface area contributed by atoms with Crippen LogP contribution >= 0.6 is 0 Å². The van der Waals surface area contributed by atoms with Crippen LogP contribution in [0, 0.1) is 5.41 Å². The Balaban J connectivity index is 6.06. The fraction of sp³-hybridized carbons (Fsp3) is 1.00. The van der Waals surface area contributed by atoms with Crippen molar-refractivity contribution in [2.24, 2.45) is 5.41 Å². The number of methoxy groups -OCH3 is 2. The van der Waals surface area contributed by atoms with Crippen LogP contribution < -0.4 is 0 Å². The van der Waals surface area contributed by atoms with Gasteiger partial charge in [0.25, 0.3) is 5.97 Å². The molecule has 182 valence electrons. The van der Waals surface area contributed by atoms with Crippen LogP contribution in [0.5, 0.6) is 0 Å². The molecule has 0 fully saturated rings. The van der Waals surface area contributed by atoms with E-state index in [0.717, 1.165) is 6.42 Å². The highest BCUT2D eigenvalue weighted by Crippen LogP contribution is 2.42. The topological polar surface area (TPSA) is 75.6 Å². The van der Waals surface area contributed by atoms with E-state index in [2.05, 4.69) is 0 Å². The minimum absolute atomic E-state index is 0.0810. The summed E-state index contributed by atoms with van der Waals surface area (Å²) in [7, 11) is 3.25. The van der Waals surface area contributed by atoms with Crippen LogP contribution in [0.4, 0.5) is 0 Å². The fourth-order valence-corrected chi connectivity index (χ4v) is 2.55. The maximum absolute atomic E-state index is 11.7. The average Bonchev–Trinajstić information content (AvgIpc) is 2.70. The molecule has 7 heteroatoms. The van der Waals surface area contributed by atoms with E-state index < -0.39 is 23.8 Å². The fourth-order valence-electron chi connectivity index (χ4n) is 2.55. The first-order valence-electron chi connectivity index (χ1n) is 11.2. The first kappa shape index (κ1) is 29.7. The Hall–Kier alpha value is -0.280. The second kappa shape index (κ2) is 13.3. The van der Waals surface area contributed by atoms with Gasteiger partial charge in [0.05, 0.1) is 42.0 Å². The van der Waals surface area contributed by atoms with Crippen LogP contribution in [0.25, 0.3) is 0 Å². The SMILES string of the molecule is CCC(C)OC(OC(C)C(C)OC)C(C)(C)C(O)(OC(C)CC)OC(C)C(C)OC. The smallest absolute Gasteiger partial charge is 0.291 e. The second-order valence-corrected chi connectivity index (χ2v) is 8.87. The summed E-state index contributed by atoms with van der Waals surface area (Å²) < 4.78 is 35.5. The third-order valence-electron chi connectivity index (χ3n) is 6.02. The van der Waals surface area contributed by atoms with Crippen molar-refractivity contribution in [1.82, 2.24) is 0 Å². The van der Waals surface area contributed by atoms with Gasteiger partial charge in [-0.3, -0.25) is 0 Å². The van der Waals surface area contributed by atoms with Gasteiger partial charge < -0.3 is 33.5 Å². The summed E-state index contributed by atoms with van der Waals surface area (Å²) in [5.74, 6) is -1.97. The van der Waals surface area contributed by atoms with Gasteiger partial charge in [-0.05, 0) is 68.2 Å². The zero-order chi connectivity index (χ0) is 23.7. The molecular formula is C23H48O7. The summed E-state index contributed by atoms with van der Waals surface area (Å²) in [5.41, 5.74) is -1.08. The molecule has 0 aromatic rings. The zero-order valence-electron chi connectivity index (χ0n) is 21.4. The lowest BCUT2D eigenvalue weighted by Crippen LogP contribution is -2.60. The van der Waals surface area contributed by atoms with Crippen LogP contribution in [0.15, 0.2) is 0 Å². The number of hydrogen-bond donors (Lipinski definition) is 1. The zero-order valence-corrected chi connectivity index (χ0v) is 21.4. The minimum Gasteiger partial charge on any atom is -0.379 e. The van der Waals surface area contributed by atoms with E-state index in [0.29, 0.717) is 6.42 Å². The molecule has 0 saturated carbocycles. The summed E-state index contributed by atoms with van der Waals surface area (Å²) in [6, 6.07) is 0. The molecule has 8 unspecified atom stereocenters. The molecule has 0 amide bonds. The Labute approximate surface area is 184 Å². The summed E-state index contributed by atoms with van der Waals surface area (Å²) in [6.45, 7) is 19.1. The normalized spacial score (nSPS) is 21.9. The largest absolute Gasteiger partial charge is 0.379 e. The van der Waals surface area contributed by atoms with Crippen molar-refractivity contribution >= 4 is 0 Å². The minimum atomic E-state index is -1.97. The predicted octanol–water partition coefficient (Wildman–Crippen LogP) is 4.50. The molecule has 0 saturated heterocycles. The Morgan fingerprint density at radius 1 is 0.667 bits per heavy atom. The second-order valence-electron chi connectivity index (χ2n) is 8.87. The van der Waals surface area contributed by atoms with Crippen molar-refractivity contribution in [3.8, 4) is 0 Å². The van der Waals surface area contributed by atoms with Crippen molar-refractivity contribution < 1.29 is 33.5 Å². The Bertz CT molecular complexity index is 459. The van der Waals surface area contributed by atoms with Gasteiger partial charge in [0.2, 0.25) is 0 Å². The van der Waals surface area contributed by atoms with Gasteiger partial charge in [-0.1, -0.05) is 13.8 Å². The number of ether oxygens (including phenoxy) is 6. The molecule has 0 aliphatic heterocycles. The van der Waals surface area contributed by atoms with Gasteiger partial charge in [-0.25, -0.2) is 0 Å². The Morgan fingerprint density at radius 2 is 1.13 bits per heavy atom. The van der Waals surface area contributed by atoms with Crippen molar-refractivity contribution in [1.29, 1.82) is 0 Å². The molecule has 0 aliphatic rings. The first-order chi connectivity index (χ1) is 13.8. The van der Waals surface area contributed by atoms with E-state index >= 15 is 0 Å².